The largest absolute Gasteiger partial charge is 0.461 e. The standard InChI is InChI=1S/C40H40F7N7O5/c1-38-12-23(41)17-53(19-38)34-28-14-48-32(31(44)33(28)49-35(50-34)58-20-39-7-3-8-54(39)18-24(42)13-39)27-11-25(59-37(56)52-15-22(16-52)40(45,46)47)10-21-5-6-29(43)26(30(21)27)4-2-9-57-36(55)51-38/h5-6,10-11,14,22-24H,2-4,7-9,12-13,15-20H2,1H3,(H,51,55)/t23-,24-,38-,39+/m1/s1. The lowest BCUT2D eigenvalue weighted by Crippen LogP contribution is -2.60. The minimum atomic E-state index is -4.49. The second kappa shape index (κ2) is 14.5. The number of hydrogen-bond acceptors (Lipinski definition) is 10. The van der Waals surface area contributed by atoms with Gasteiger partial charge in [-0.05, 0) is 73.7 Å². The number of benzene rings is 2. The van der Waals surface area contributed by atoms with Gasteiger partial charge < -0.3 is 29.3 Å². The van der Waals surface area contributed by atoms with Crippen molar-refractivity contribution in [1.82, 2.24) is 30.1 Å². The number of carbonyl (C=O) groups excluding carboxylic acids is 2. The molecule has 2 aromatic carbocycles. The van der Waals surface area contributed by atoms with Gasteiger partial charge in [0.2, 0.25) is 0 Å². The number of halogens is 7. The van der Waals surface area contributed by atoms with Crippen molar-refractivity contribution in [2.75, 3.05) is 57.4 Å². The Hall–Kier alpha value is -5.20. The molecule has 4 atom stereocenters. The monoisotopic (exact) mass is 831 g/mol. The van der Waals surface area contributed by atoms with Gasteiger partial charge in [-0.25, -0.2) is 27.2 Å². The van der Waals surface area contributed by atoms with Gasteiger partial charge in [0.1, 0.15) is 47.5 Å². The Balaban J connectivity index is 1.19. The molecule has 4 fully saturated rings. The van der Waals surface area contributed by atoms with Crippen molar-refractivity contribution >= 4 is 39.7 Å². The van der Waals surface area contributed by atoms with E-state index >= 15 is 13.2 Å². The highest BCUT2D eigenvalue weighted by Crippen LogP contribution is 2.43. The molecule has 0 saturated carbocycles. The Morgan fingerprint density at radius 3 is 2.64 bits per heavy atom. The van der Waals surface area contributed by atoms with Crippen LogP contribution < -0.4 is 19.7 Å². The predicted molar refractivity (Wildman–Crippen MR) is 199 cm³/mol. The van der Waals surface area contributed by atoms with E-state index < -0.39 is 72.4 Å². The molecule has 8 heterocycles. The fraction of sp³-hybridized carbons (Fsp3) is 0.525. The molecule has 6 aliphatic heterocycles. The SMILES string of the molecule is C[C@@]12C[C@@H](F)CN(C1)c1nc(OC[C@@]34CCCN3C[C@H](F)C4)nc3c(F)c(ncc13)-c1cc(OC(=O)N3CC(C(F)(F)F)C3)cc3ccc(F)c(c13)CCCOC(=O)N2. The molecule has 2 amide bonds. The number of aromatic nitrogens is 3. The highest BCUT2D eigenvalue weighted by atomic mass is 19.4. The van der Waals surface area contributed by atoms with E-state index in [1.807, 2.05) is 4.90 Å². The van der Waals surface area contributed by atoms with Crippen molar-refractivity contribution in [1.29, 1.82) is 0 Å². The molecule has 12 nitrogen and oxygen atoms in total. The van der Waals surface area contributed by atoms with E-state index in [0.717, 1.165) is 11.3 Å². The highest BCUT2D eigenvalue weighted by molar-refractivity contribution is 6.02. The molecule has 0 unspecified atom stereocenters. The van der Waals surface area contributed by atoms with Crippen LogP contribution >= 0.6 is 0 Å². The third-order valence-corrected chi connectivity index (χ3v) is 12.2. The molecular weight excluding hydrogens is 791 g/mol. The van der Waals surface area contributed by atoms with Crippen LogP contribution in [0.5, 0.6) is 11.8 Å². The van der Waals surface area contributed by atoms with E-state index in [4.69, 9.17) is 14.2 Å². The average molecular weight is 832 g/mol. The number of alkyl carbamates (subject to hydrolysis) is 1. The number of anilines is 1. The van der Waals surface area contributed by atoms with Crippen LogP contribution in [-0.2, 0) is 11.2 Å². The maximum atomic E-state index is 17.4. The van der Waals surface area contributed by atoms with E-state index in [1.54, 1.807) is 11.8 Å². The molecular formula is C40H40F7N7O5. The summed E-state index contributed by atoms with van der Waals surface area (Å²) in [5.74, 6) is -3.49. The van der Waals surface area contributed by atoms with E-state index in [2.05, 4.69) is 20.3 Å². The molecule has 0 radical (unpaired) electrons. The molecule has 6 bridgehead atoms. The van der Waals surface area contributed by atoms with Crippen molar-refractivity contribution in [3.63, 3.8) is 0 Å². The summed E-state index contributed by atoms with van der Waals surface area (Å²) in [5, 5.41) is 3.29. The quantitative estimate of drug-likeness (QED) is 0.214. The molecule has 0 aliphatic carbocycles. The van der Waals surface area contributed by atoms with Crippen LogP contribution in [-0.4, -0.2) is 119 Å². The number of rotatable bonds is 4. The summed E-state index contributed by atoms with van der Waals surface area (Å²) in [6.45, 7) is 1.06. The smallest absolute Gasteiger partial charge is 0.415 e. The van der Waals surface area contributed by atoms with Gasteiger partial charge in [0, 0.05) is 50.8 Å². The Morgan fingerprint density at radius 1 is 1.05 bits per heavy atom. The van der Waals surface area contributed by atoms with Gasteiger partial charge in [0.05, 0.1) is 35.5 Å². The van der Waals surface area contributed by atoms with E-state index in [1.165, 1.54) is 30.5 Å². The number of likely N-dealkylation sites (tertiary alicyclic amines) is 1. The number of ether oxygens (including phenoxy) is 3. The summed E-state index contributed by atoms with van der Waals surface area (Å²) in [4.78, 5) is 44.2. The second-order valence-corrected chi connectivity index (χ2v) is 16.6. The van der Waals surface area contributed by atoms with E-state index in [9.17, 15) is 27.2 Å². The number of carbonyl (C=O) groups is 2. The minimum absolute atomic E-state index is 0.00377. The number of aryl methyl sites for hydroxylation is 1. The number of amides is 2. The Morgan fingerprint density at radius 2 is 1.85 bits per heavy atom. The molecule has 2 aromatic heterocycles. The van der Waals surface area contributed by atoms with Crippen LogP contribution in [0.3, 0.4) is 0 Å². The molecule has 19 heteroatoms. The van der Waals surface area contributed by atoms with Crippen LogP contribution in [0.25, 0.3) is 32.9 Å². The third-order valence-electron chi connectivity index (χ3n) is 12.2. The number of hydrogen-bond donors (Lipinski definition) is 1. The molecule has 0 spiro atoms. The lowest BCUT2D eigenvalue weighted by atomic mass is 9.90. The fourth-order valence-electron chi connectivity index (χ4n) is 9.43. The molecule has 4 aromatic rings. The summed E-state index contributed by atoms with van der Waals surface area (Å²) < 4.78 is 120. The number of nitrogens with one attached hydrogen (secondary N) is 1. The minimum Gasteiger partial charge on any atom is -0.461 e. The summed E-state index contributed by atoms with van der Waals surface area (Å²) in [6, 6.07) is 4.92. The zero-order valence-corrected chi connectivity index (χ0v) is 31.9. The van der Waals surface area contributed by atoms with Gasteiger partial charge >= 0.3 is 24.4 Å². The fourth-order valence-corrected chi connectivity index (χ4v) is 9.43. The van der Waals surface area contributed by atoms with Gasteiger partial charge in [0.25, 0.3) is 0 Å². The highest BCUT2D eigenvalue weighted by Gasteiger charge is 2.50. The van der Waals surface area contributed by atoms with Crippen molar-refractivity contribution in [2.24, 2.45) is 5.92 Å². The zero-order chi connectivity index (χ0) is 41.4. The van der Waals surface area contributed by atoms with Crippen LogP contribution in [0.15, 0.2) is 30.5 Å². The first-order valence-corrected chi connectivity index (χ1v) is 19.6. The summed E-state index contributed by atoms with van der Waals surface area (Å²) >= 11 is 0. The van der Waals surface area contributed by atoms with E-state index in [-0.39, 0.29) is 115 Å². The molecule has 314 valence electrons. The van der Waals surface area contributed by atoms with Gasteiger partial charge in [0.15, 0.2) is 5.82 Å². The second-order valence-electron chi connectivity index (χ2n) is 16.6. The maximum absolute atomic E-state index is 17.4. The van der Waals surface area contributed by atoms with Crippen LogP contribution in [0.4, 0.5) is 46.1 Å². The lowest BCUT2D eigenvalue weighted by Gasteiger charge is -2.42. The van der Waals surface area contributed by atoms with Crippen molar-refractivity contribution in [3.05, 3.63) is 47.7 Å². The van der Waals surface area contributed by atoms with Crippen LogP contribution in [0.1, 0.15) is 44.6 Å². The Kier molecular flexibility index (Phi) is 9.66. The number of nitrogens with zero attached hydrogens (tertiary/aromatic N) is 6. The first-order valence-electron chi connectivity index (χ1n) is 19.6. The summed E-state index contributed by atoms with van der Waals surface area (Å²) in [7, 11) is 0. The first-order chi connectivity index (χ1) is 28.1. The number of fused-ring (bicyclic) bond motifs is 7. The molecule has 59 heavy (non-hydrogen) atoms. The van der Waals surface area contributed by atoms with Gasteiger partial charge in [-0.2, -0.15) is 23.1 Å². The molecule has 10 rings (SSSR count). The third kappa shape index (κ3) is 7.28. The average Bonchev–Trinajstić information content (AvgIpc) is 3.66. The van der Waals surface area contributed by atoms with Crippen molar-refractivity contribution < 1.29 is 54.5 Å². The normalized spacial score (nSPS) is 26.5. The number of pyridine rings is 1. The van der Waals surface area contributed by atoms with Crippen LogP contribution in [0, 0.1) is 17.6 Å². The van der Waals surface area contributed by atoms with E-state index in [0.29, 0.717) is 13.0 Å². The summed E-state index contributed by atoms with van der Waals surface area (Å²) in [5.41, 5.74) is -2.36. The summed E-state index contributed by atoms with van der Waals surface area (Å²) in [6.07, 6.45) is -5.84. The van der Waals surface area contributed by atoms with Gasteiger partial charge in [-0.1, -0.05) is 6.07 Å². The zero-order valence-electron chi connectivity index (χ0n) is 31.9. The Labute approximate surface area is 333 Å². The van der Waals surface area contributed by atoms with Crippen LogP contribution in [0.2, 0.25) is 0 Å². The van der Waals surface area contributed by atoms with Crippen molar-refractivity contribution in [3.8, 4) is 23.0 Å². The predicted octanol–water partition coefficient (Wildman–Crippen LogP) is 7.05. The topological polar surface area (TPSA) is 122 Å². The molecule has 4 saturated heterocycles. The lowest BCUT2D eigenvalue weighted by molar-refractivity contribution is -0.203. The van der Waals surface area contributed by atoms with Gasteiger partial charge in [-0.15, -0.1) is 0 Å². The Bertz CT molecular complexity index is 2350. The molecule has 1 N–H and O–H groups in total. The van der Waals surface area contributed by atoms with Gasteiger partial charge in [-0.3, -0.25) is 9.88 Å². The maximum Gasteiger partial charge on any atom is 0.415 e. The van der Waals surface area contributed by atoms with Crippen molar-refractivity contribution in [2.45, 2.75) is 75.0 Å². The first kappa shape index (κ1) is 39.3. The number of alkyl halides is 5. The molecule has 6 aliphatic rings. The number of piperidine rings is 1.